The first-order chi connectivity index (χ1) is 12.4. The van der Waals surface area contributed by atoms with Crippen molar-refractivity contribution in [1.29, 1.82) is 0 Å². The van der Waals surface area contributed by atoms with E-state index in [1.54, 1.807) is 42.9 Å². The van der Waals surface area contributed by atoms with Crippen LogP contribution in [0.4, 0.5) is 0 Å². The summed E-state index contributed by atoms with van der Waals surface area (Å²) in [7, 11) is -3.73. The molecule has 1 N–H and O–H groups in total. The molecule has 3 rings (SSSR count). The highest BCUT2D eigenvalue weighted by Crippen LogP contribution is 2.14. The lowest BCUT2D eigenvalue weighted by molar-refractivity contribution is 0.101. The monoisotopic (exact) mass is 370 g/mol. The van der Waals surface area contributed by atoms with Crippen molar-refractivity contribution in [1.82, 2.24) is 19.3 Å². The lowest BCUT2D eigenvalue weighted by Gasteiger charge is -2.09. The largest absolute Gasteiger partial charge is 0.295 e. The highest BCUT2D eigenvalue weighted by molar-refractivity contribution is 7.89. The summed E-state index contributed by atoms with van der Waals surface area (Å²) in [5.74, 6) is 1.27. The molecule has 134 valence electrons. The Labute approximate surface area is 151 Å². The van der Waals surface area contributed by atoms with E-state index in [9.17, 15) is 13.2 Å². The summed E-state index contributed by atoms with van der Waals surface area (Å²) >= 11 is 0. The maximum Gasteiger partial charge on any atom is 0.240 e. The van der Waals surface area contributed by atoms with Crippen molar-refractivity contribution < 1.29 is 13.2 Å². The number of aromatic nitrogens is 3. The second kappa shape index (κ2) is 7.19. The molecule has 0 atom stereocenters. The first-order valence-electron chi connectivity index (χ1n) is 7.93. The average Bonchev–Trinajstić information content (AvgIpc) is 3.06. The van der Waals surface area contributed by atoms with Crippen molar-refractivity contribution in [3.05, 3.63) is 71.9 Å². The van der Waals surface area contributed by atoms with Gasteiger partial charge in [0.1, 0.15) is 11.6 Å². The Morgan fingerprint density at radius 3 is 2.65 bits per heavy atom. The van der Waals surface area contributed by atoms with Gasteiger partial charge in [0.15, 0.2) is 5.78 Å². The van der Waals surface area contributed by atoms with E-state index in [4.69, 9.17) is 0 Å². The van der Waals surface area contributed by atoms with Crippen LogP contribution in [-0.4, -0.2) is 28.7 Å². The highest BCUT2D eigenvalue weighted by Gasteiger charge is 2.15. The number of hydrogen-bond acceptors (Lipinski definition) is 5. The maximum absolute atomic E-state index is 12.5. The number of aryl methyl sites for hydroxylation is 1. The molecule has 0 amide bonds. The van der Waals surface area contributed by atoms with Gasteiger partial charge in [-0.1, -0.05) is 12.1 Å². The van der Waals surface area contributed by atoms with Crippen LogP contribution in [0.5, 0.6) is 0 Å². The molecule has 26 heavy (non-hydrogen) atoms. The number of pyridine rings is 1. The normalized spacial score (nSPS) is 11.5. The number of carbonyl (C=O) groups is 1. The molecule has 8 heteroatoms. The third-order valence-electron chi connectivity index (χ3n) is 3.90. The van der Waals surface area contributed by atoms with Crippen LogP contribution in [0.1, 0.15) is 28.7 Å². The molecular formula is C18H18N4O3S. The molecule has 0 bridgehead atoms. The van der Waals surface area contributed by atoms with Crippen molar-refractivity contribution in [3.63, 3.8) is 0 Å². The van der Waals surface area contributed by atoms with Crippen LogP contribution in [0.15, 0.2) is 59.9 Å². The zero-order valence-electron chi connectivity index (χ0n) is 14.4. The second-order valence-electron chi connectivity index (χ2n) is 5.78. The number of Topliss-reactive ketones (excluding diaryl/α,β-unsaturated/α-hetero) is 1. The van der Waals surface area contributed by atoms with Gasteiger partial charge in [0.05, 0.1) is 4.90 Å². The number of sulfonamides is 1. The lowest BCUT2D eigenvalue weighted by atomic mass is 10.2. The number of nitrogens with zero attached hydrogens (tertiary/aromatic N) is 3. The van der Waals surface area contributed by atoms with Gasteiger partial charge < -0.3 is 0 Å². The molecule has 0 radical (unpaired) electrons. The van der Waals surface area contributed by atoms with Crippen molar-refractivity contribution >= 4 is 15.8 Å². The predicted octanol–water partition coefficient (Wildman–Crippen LogP) is 2.26. The lowest BCUT2D eigenvalue weighted by Crippen LogP contribution is -2.23. The summed E-state index contributed by atoms with van der Waals surface area (Å²) in [5.41, 5.74) is 1.11. The molecule has 3 aromatic rings. The third-order valence-corrected chi connectivity index (χ3v) is 5.30. The summed E-state index contributed by atoms with van der Waals surface area (Å²) in [6.07, 6.45) is 5.09. The van der Waals surface area contributed by atoms with Crippen molar-refractivity contribution in [2.24, 2.45) is 0 Å². The van der Waals surface area contributed by atoms with Crippen LogP contribution in [0.3, 0.4) is 0 Å². The van der Waals surface area contributed by atoms with E-state index >= 15 is 0 Å². The molecule has 0 unspecified atom stereocenters. The molecule has 0 spiro atoms. The smallest absolute Gasteiger partial charge is 0.240 e. The number of carbonyl (C=O) groups excluding carboxylic acids is 1. The van der Waals surface area contributed by atoms with Gasteiger partial charge in [-0.3, -0.25) is 9.36 Å². The zero-order valence-corrected chi connectivity index (χ0v) is 15.2. The van der Waals surface area contributed by atoms with Gasteiger partial charge in [-0.2, -0.15) is 0 Å². The van der Waals surface area contributed by atoms with Crippen molar-refractivity contribution in [2.75, 3.05) is 0 Å². The molecule has 0 aliphatic carbocycles. The number of nitrogens with one attached hydrogen (secondary N) is 1. The van der Waals surface area contributed by atoms with Crippen LogP contribution >= 0.6 is 0 Å². The molecule has 1 aromatic carbocycles. The number of rotatable bonds is 6. The maximum atomic E-state index is 12.5. The van der Waals surface area contributed by atoms with Gasteiger partial charge in [-0.25, -0.2) is 23.1 Å². The zero-order chi connectivity index (χ0) is 18.7. The number of ketones is 1. The van der Waals surface area contributed by atoms with Crippen LogP contribution < -0.4 is 4.72 Å². The number of benzene rings is 1. The fourth-order valence-corrected chi connectivity index (χ4v) is 3.53. The molecule has 0 fully saturated rings. The SMILES string of the molecule is CC(=O)c1cccc(S(=O)(=O)NCc2ccnc(-n3ccnc3C)c2)c1. The van der Waals surface area contributed by atoms with Crippen molar-refractivity contribution in [2.45, 2.75) is 25.3 Å². The minimum Gasteiger partial charge on any atom is -0.295 e. The summed E-state index contributed by atoms with van der Waals surface area (Å²) in [5, 5.41) is 0. The fraction of sp³-hybridized carbons (Fsp3) is 0.167. The third kappa shape index (κ3) is 3.87. The van der Waals surface area contributed by atoms with E-state index < -0.39 is 10.0 Å². The van der Waals surface area contributed by atoms with E-state index in [0.717, 1.165) is 11.4 Å². The van der Waals surface area contributed by atoms with Gasteiger partial charge in [0, 0.05) is 30.7 Å². The van der Waals surface area contributed by atoms with E-state index in [0.29, 0.717) is 11.4 Å². The summed E-state index contributed by atoms with van der Waals surface area (Å²) in [6.45, 7) is 3.37. The van der Waals surface area contributed by atoms with Crippen LogP contribution in [0.25, 0.3) is 5.82 Å². The van der Waals surface area contributed by atoms with Crippen molar-refractivity contribution in [3.8, 4) is 5.82 Å². The first-order valence-corrected chi connectivity index (χ1v) is 9.41. The Kier molecular flexibility index (Phi) is 4.97. The highest BCUT2D eigenvalue weighted by atomic mass is 32.2. The Bertz CT molecular complexity index is 1060. The van der Waals surface area contributed by atoms with Crippen LogP contribution in [0, 0.1) is 6.92 Å². The first kappa shape index (κ1) is 18.0. The summed E-state index contributed by atoms with van der Waals surface area (Å²) < 4.78 is 29.4. The molecule has 2 heterocycles. The topological polar surface area (TPSA) is 94.0 Å². The van der Waals surface area contributed by atoms with Gasteiger partial charge in [-0.05, 0) is 43.7 Å². The van der Waals surface area contributed by atoms with Gasteiger partial charge in [0.2, 0.25) is 10.0 Å². The molecule has 0 saturated carbocycles. The number of hydrogen-bond donors (Lipinski definition) is 1. The van der Waals surface area contributed by atoms with Gasteiger partial charge in [-0.15, -0.1) is 0 Å². The standard InChI is InChI=1S/C18H18N4O3S/c1-13(23)16-4-3-5-17(11-16)26(24,25)21-12-15-6-7-20-18(10-15)22-9-8-19-14(22)2/h3-11,21H,12H2,1-2H3. The predicted molar refractivity (Wildman–Crippen MR) is 96.6 cm³/mol. The van der Waals surface area contributed by atoms with E-state index in [2.05, 4.69) is 14.7 Å². The fourth-order valence-electron chi connectivity index (χ4n) is 2.47. The molecule has 2 aromatic heterocycles. The van der Waals surface area contributed by atoms with E-state index in [-0.39, 0.29) is 17.2 Å². The van der Waals surface area contributed by atoms with E-state index in [1.807, 2.05) is 11.5 Å². The Morgan fingerprint density at radius 2 is 1.96 bits per heavy atom. The Hall–Kier alpha value is -2.84. The molecular weight excluding hydrogens is 352 g/mol. The molecule has 0 aliphatic rings. The number of imidazole rings is 1. The van der Waals surface area contributed by atoms with Crippen LogP contribution in [-0.2, 0) is 16.6 Å². The Balaban J connectivity index is 1.79. The van der Waals surface area contributed by atoms with Crippen LogP contribution in [0.2, 0.25) is 0 Å². The minimum atomic E-state index is -3.73. The molecule has 0 saturated heterocycles. The minimum absolute atomic E-state index is 0.0601. The molecule has 7 nitrogen and oxygen atoms in total. The summed E-state index contributed by atoms with van der Waals surface area (Å²) in [6, 6.07) is 9.51. The van der Waals surface area contributed by atoms with E-state index in [1.165, 1.54) is 19.1 Å². The second-order valence-corrected chi connectivity index (χ2v) is 7.54. The Morgan fingerprint density at radius 1 is 1.15 bits per heavy atom. The summed E-state index contributed by atoms with van der Waals surface area (Å²) in [4.78, 5) is 20.0. The molecule has 0 aliphatic heterocycles. The quantitative estimate of drug-likeness (QED) is 0.672. The van der Waals surface area contributed by atoms with Gasteiger partial charge in [0.25, 0.3) is 0 Å². The average molecular weight is 370 g/mol. The van der Waals surface area contributed by atoms with Gasteiger partial charge >= 0.3 is 0 Å².